The zero-order chi connectivity index (χ0) is 25.4. The molecule has 1 atom stereocenters. The number of anilines is 1. The van der Waals surface area contributed by atoms with Crippen LogP contribution in [0.3, 0.4) is 0 Å². The Bertz CT molecular complexity index is 1410. The number of hydrogen-bond donors (Lipinski definition) is 2. The van der Waals surface area contributed by atoms with E-state index in [0.717, 1.165) is 17.0 Å². The fourth-order valence-corrected chi connectivity index (χ4v) is 5.83. The van der Waals surface area contributed by atoms with E-state index in [0.29, 0.717) is 52.9 Å². The lowest BCUT2D eigenvalue weighted by Gasteiger charge is -2.38. The van der Waals surface area contributed by atoms with Crippen molar-refractivity contribution in [3.05, 3.63) is 92.7 Å². The molecular weight excluding hydrogens is 477 g/mol. The van der Waals surface area contributed by atoms with Crippen LogP contribution < -0.4 is 15.6 Å². The van der Waals surface area contributed by atoms with E-state index in [1.54, 1.807) is 18.2 Å². The Hall–Kier alpha value is -3.39. The second kappa shape index (κ2) is 9.58. The minimum absolute atomic E-state index is 0.0377. The van der Waals surface area contributed by atoms with Crippen molar-refractivity contribution >= 4 is 23.4 Å². The van der Waals surface area contributed by atoms with Crippen molar-refractivity contribution in [3.8, 4) is 5.75 Å². The van der Waals surface area contributed by atoms with Crippen molar-refractivity contribution in [1.29, 1.82) is 0 Å². The number of aromatic nitrogens is 2. The van der Waals surface area contributed by atoms with Gasteiger partial charge in [-0.2, -0.15) is 0 Å². The summed E-state index contributed by atoms with van der Waals surface area (Å²) in [7, 11) is 0. The Morgan fingerprint density at radius 2 is 1.86 bits per heavy atom. The van der Waals surface area contributed by atoms with Gasteiger partial charge in [0.05, 0.1) is 12.2 Å². The van der Waals surface area contributed by atoms with Gasteiger partial charge in [0.2, 0.25) is 0 Å². The number of thioether (sulfide) groups is 1. The second-order valence-electron chi connectivity index (χ2n) is 9.91. The molecule has 36 heavy (non-hydrogen) atoms. The van der Waals surface area contributed by atoms with E-state index in [9.17, 15) is 14.0 Å². The summed E-state index contributed by atoms with van der Waals surface area (Å²) in [6, 6.07) is 14.1. The molecule has 0 bridgehead atoms. The number of rotatable bonds is 6. The zero-order valence-corrected chi connectivity index (χ0v) is 21.3. The third-order valence-corrected chi connectivity index (χ3v) is 7.47. The Labute approximate surface area is 213 Å². The Kier molecular flexibility index (Phi) is 6.47. The number of hydrogen-bond acceptors (Lipinski definition) is 6. The Balaban J connectivity index is 1.57. The molecule has 2 heterocycles. The van der Waals surface area contributed by atoms with Crippen LogP contribution in [-0.2, 0) is 10.5 Å². The molecule has 186 valence electrons. The van der Waals surface area contributed by atoms with Crippen molar-refractivity contribution in [2.75, 3.05) is 11.9 Å². The van der Waals surface area contributed by atoms with Gasteiger partial charge in [0, 0.05) is 29.4 Å². The summed E-state index contributed by atoms with van der Waals surface area (Å²) in [6.07, 6.45) is 1.09. The highest BCUT2D eigenvalue weighted by Crippen LogP contribution is 2.47. The van der Waals surface area contributed by atoms with Crippen LogP contribution in [0.15, 0.2) is 69.8 Å². The lowest BCUT2D eigenvalue weighted by molar-refractivity contribution is -0.118. The third-order valence-electron chi connectivity index (χ3n) is 6.55. The van der Waals surface area contributed by atoms with Gasteiger partial charge in [-0.15, -0.1) is 0 Å². The number of carbonyl (C=O) groups excluding carboxylic acids is 1. The van der Waals surface area contributed by atoms with Gasteiger partial charge >= 0.3 is 0 Å². The van der Waals surface area contributed by atoms with Gasteiger partial charge < -0.3 is 15.0 Å². The SMILES string of the molecule is CCOc1ccc([C@@H]2C3=C(CC(C)(C)CC3=O)Nc3nc(SCc4ccccc4F)[nH]c(=O)c32)cc1. The monoisotopic (exact) mass is 505 g/mol. The molecule has 0 fully saturated rings. The lowest BCUT2D eigenvalue weighted by atomic mass is 9.69. The molecule has 0 radical (unpaired) electrons. The summed E-state index contributed by atoms with van der Waals surface area (Å²) in [6.45, 7) is 6.61. The number of benzene rings is 2. The molecule has 1 aromatic heterocycles. The highest BCUT2D eigenvalue weighted by atomic mass is 32.2. The summed E-state index contributed by atoms with van der Waals surface area (Å²) in [4.78, 5) is 34.4. The van der Waals surface area contributed by atoms with Gasteiger partial charge in [0.15, 0.2) is 10.9 Å². The minimum atomic E-state index is -0.530. The molecule has 1 aliphatic carbocycles. The van der Waals surface area contributed by atoms with Crippen molar-refractivity contribution in [2.45, 2.75) is 50.4 Å². The van der Waals surface area contributed by atoms with Crippen LogP contribution in [0, 0.1) is 11.2 Å². The average molecular weight is 506 g/mol. The number of ketones is 1. The molecule has 0 saturated carbocycles. The van der Waals surface area contributed by atoms with Crippen LogP contribution in [0.1, 0.15) is 56.2 Å². The first-order valence-corrected chi connectivity index (χ1v) is 13.0. The molecule has 8 heteroatoms. The molecule has 0 amide bonds. The number of H-pyrrole nitrogens is 1. The van der Waals surface area contributed by atoms with Gasteiger partial charge in [0.25, 0.3) is 5.56 Å². The fraction of sp³-hybridized carbons (Fsp3) is 0.321. The summed E-state index contributed by atoms with van der Waals surface area (Å²) < 4.78 is 19.7. The molecule has 0 spiro atoms. The summed E-state index contributed by atoms with van der Waals surface area (Å²) >= 11 is 1.26. The van der Waals surface area contributed by atoms with E-state index in [1.165, 1.54) is 17.8 Å². The molecule has 6 nitrogen and oxygen atoms in total. The number of carbonyl (C=O) groups is 1. The number of ether oxygens (including phenoxy) is 1. The minimum Gasteiger partial charge on any atom is -0.494 e. The maximum atomic E-state index is 14.1. The summed E-state index contributed by atoms with van der Waals surface area (Å²) in [5.41, 5.74) is 2.71. The summed E-state index contributed by atoms with van der Waals surface area (Å²) in [5.74, 6) is 0.714. The van der Waals surface area contributed by atoms with Gasteiger partial charge in [0.1, 0.15) is 17.4 Å². The van der Waals surface area contributed by atoms with Crippen LogP contribution in [-0.4, -0.2) is 22.4 Å². The van der Waals surface area contributed by atoms with Crippen molar-refractivity contribution < 1.29 is 13.9 Å². The molecule has 0 saturated heterocycles. The zero-order valence-electron chi connectivity index (χ0n) is 20.5. The lowest BCUT2D eigenvalue weighted by Crippen LogP contribution is -2.37. The predicted molar refractivity (Wildman–Crippen MR) is 139 cm³/mol. The first-order valence-electron chi connectivity index (χ1n) is 12.0. The molecule has 5 rings (SSSR count). The highest BCUT2D eigenvalue weighted by molar-refractivity contribution is 7.98. The van der Waals surface area contributed by atoms with Gasteiger partial charge in [-0.25, -0.2) is 9.37 Å². The van der Waals surface area contributed by atoms with Crippen LogP contribution in [0.4, 0.5) is 10.2 Å². The van der Waals surface area contributed by atoms with Gasteiger partial charge in [-0.3, -0.25) is 9.59 Å². The molecule has 2 N–H and O–H groups in total. The number of nitrogens with zero attached hydrogens (tertiary/aromatic N) is 1. The first-order chi connectivity index (χ1) is 17.3. The summed E-state index contributed by atoms with van der Waals surface area (Å²) in [5, 5.41) is 3.72. The third kappa shape index (κ3) is 4.69. The quantitative estimate of drug-likeness (QED) is 0.325. The standard InChI is InChI=1S/C28H28FN3O3S/c1-4-35-18-11-9-16(10-12-18)22-23-20(13-28(2,3)14-21(23)33)30-25-24(22)26(34)32-27(31-25)36-15-17-7-5-6-8-19(17)29/h5-12,22H,4,13-15H2,1-3H3,(H2,30,31,32,34)/t22-/m1/s1. The fourth-order valence-electron chi connectivity index (χ4n) is 4.98. The number of allylic oxidation sites excluding steroid dienone is 2. The van der Waals surface area contributed by atoms with Crippen LogP contribution in [0.25, 0.3) is 0 Å². The van der Waals surface area contributed by atoms with Crippen LogP contribution in [0.5, 0.6) is 5.75 Å². The van der Waals surface area contributed by atoms with E-state index < -0.39 is 5.92 Å². The molecule has 1 aliphatic heterocycles. The van der Waals surface area contributed by atoms with E-state index >= 15 is 0 Å². The van der Waals surface area contributed by atoms with E-state index in [1.807, 2.05) is 31.2 Å². The highest BCUT2D eigenvalue weighted by Gasteiger charge is 2.42. The maximum absolute atomic E-state index is 14.1. The number of nitrogens with one attached hydrogen (secondary N) is 2. The number of fused-ring (bicyclic) bond motifs is 1. The molecule has 2 aliphatic rings. The van der Waals surface area contributed by atoms with E-state index in [-0.39, 0.29) is 22.6 Å². The number of halogens is 1. The largest absolute Gasteiger partial charge is 0.494 e. The topological polar surface area (TPSA) is 84.1 Å². The van der Waals surface area contributed by atoms with E-state index in [2.05, 4.69) is 24.1 Å². The number of aromatic amines is 1. The van der Waals surface area contributed by atoms with Crippen molar-refractivity contribution in [3.63, 3.8) is 0 Å². The number of Topliss-reactive ketones (excluding diaryl/α,β-unsaturated/α-hetero) is 1. The average Bonchev–Trinajstić information content (AvgIpc) is 2.82. The molecular formula is C28H28FN3O3S. The van der Waals surface area contributed by atoms with Crippen LogP contribution >= 0.6 is 11.8 Å². The predicted octanol–water partition coefficient (Wildman–Crippen LogP) is 5.80. The van der Waals surface area contributed by atoms with Gasteiger partial charge in [-0.05, 0) is 48.1 Å². The molecule has 2 aromatic carbocycles. The molecule has 0 unspecified atom stereocenters. The first kappa shape index (κ1) is 24.3. The second-order valence-corrected chi connectivity index (χ2v) is 10.9. The van der Waals surface area contributed by atoms with E-state index in [4.69, 9.17) is 9.72 Å². The van der Waals surface area contributed by atoms with Gasteiger partial charge in [-0.1, -0.05) is 55.9 Å². The van der Waals surface area contributed by atoms with Crippen molar-refractivity contribution in [2.24, 2.45) is 5.41 Å². The Morgan fingerprint density at radius 1 is 1.11 bits per heavy atom. The smallest absolute Gasteiger partial charge is 0.257 e. The molecule has 3 aromatic rings. The van der Waals surface area contributed by atoms with Crippen molar-refractivity contribution in [1.82, 2.24) is 9.97 Å². The normalized spacial score (nSPS) is 18.3. The Morgan fingerprint density at radius 3 is 2.58 bits per heavy atom. The van der Waals surface area contributed by atoms with Crippen LogP contribution in [0.2, 0.25) is 0 Å². The maximum Gasteiger partial charge on any atom is 0.257 e.